The molecule has 3 heterocycles. The quantitative estimate of drug-likeness (QED) is 0.508. The number of rotatable bonds is 7. The van der Waals surface area contributed by atoms with Gasteiger partial charge in [-0.3, -0.25) is 4.79 Å². The third kappa shape index (κ3) is 7.59. The summed E-state index contributed by atoms with van der Waals surface area (Å²) in [5.41, 5.74) is 0.487. The van der Waals surface area contributed by atoms with E-state index >= 15 is 0 Å². The Hall–Kier alpha value is -2.48. The van der Waals surface area contributed by atoms with Gasteiger partial charge < -0.3 is 15.1 Å². The van der Waals surface area contributed by atoms with Crippen LogP contribution in [0.15, 0.2) is 24.5 Å². The zero-order valence-electron chi connectivity index (χ0n) is 21.8. The molecule has 1 aromatic carbocycles. The molecule has 0 saturated carbocycles. The number of nitrogens with zero attached hydrogens (tertiary/aromatic N) is 4. The Kier molecular flexibility index (Phi) is 9.04. The number of hydrogen-bond acceptors (Lipinski definition) is 7. The lowest BCUT2D eigenvalue weighted by molar-refractivity contribution is -0.137. The van der Waals surface area contributed by atoms with Gasteiger partial charge in [-0.15, -0.1) is 0 Å². The van der Waals surface area contributed by atoms with Crippen LogP contribution in [0.1, 0.15) is 52.9 Å². The van der Waals surface area contributed by atoms with Crippen molar-refractivity contribution in [2.24, 2.45) is 0 Å². The van der Waals surface area contributed by atoms with Crippen LogP contribution in [-0.2, 0) is 22.7 Å². The maximum atomic E-state index is 13.3. The van der Waals surface area contributed by atoms with E-state index in [0.717, 1.165) is 44.8 Å². The van der Waals surface area contributed by atoms with Gasteiger partial charge in [-0.2, -0.15) is 13.2 Å². The van der Waals surface area contributed by atoms with Crippen molar-refractivity contribution in [1.29, 1.82) is 0 Å². The van der Waals surface area contributed by atoms with Crippen LogP contribution in [0, 0.1) is 6.92 Å². The second-order valence-electron chi connectivity index (χ2n) is 10.1. The van der Waals surface area contributed by atoms with Crippen LogP contribution in [0.3, 0.4) is 0 Å². The topological polar surface area (TPSA) is 108 Å². The van der Waals surface area contributed by atoms with Gasteiger partial charge in [0, 0.05) is 37.3 Å². The number of carbonyl (C=O) groups is 1. The monoisotopic (exact) mass is 588 g/mol. The van der Waals surface area contributed by atoms with Gasteiger partial charge in [0.25, 0.3) is 5.91 Å². The molecule has 0 aliphatic carbocycles. The zero-order valence-corrected chi connectivity index (χ0v) is 23.3. The van der Waals surface area contributed by atoms with E-state index in [9.17, 15) is 26.4 Å². The number of carbonyl (C=O) groups excluding carboxylic acids is 1. The molecule has 14 heteroatoms. The molecule has 2 saturated heterocycles. The minimum absolute atomic E-state index is 0.0299. The Balaban J connectivity index is 1.32. The van der Waals surface area contributed by atoms with Crippen molar-refractivity contribution in [3.05, 3.63) is 51.9 Å². The summed E-state index contributed by atoms with van der Waals surface area (Å²) in [7, 11) is -3.21. The minimum atomic E-state index is -4.52. The van der Waals surface area contributed by atoms with Crippen molar-refractivity contribution >= 4 is 33.3 Å². The van der Waals surface area contributed by atoms with Crippen LogP contribution in [-0.4, -0.2) is 78.6 Å². The highest BCUT2D eigenvalue weighted by atomic mass is 35.5. The molecular formula is C25H32ClF3N6O3S. The summed E-state index contributed by atoms with van der Waals surface area (Å²) in [6, 6.07) is 3.86. The number of likely N-dealkylation sites (tertiary alicyclic amines) is 2. The van der Waals surface area contributed by atoms with Crippen LogP contribution >= 0.6 is 11.6 Å². The number of anilines is 1. The third-order valence-corrected chi connectivity index (χ3v) is 8.34. The Labute approximate surface area is 231 Å². The molecule has 0 spiro atoms. The van der Waals surface area contributed by atoms with Crippen LogP contribution in [0.25, 0.3) is 0 Å². The van der Waals surface area contributed by atoms with Gasteiger partial charge in [-0.1, -0.05) is 17.7 Å². The molecule has 1 amide bonds. The van der Waals surface area contributed by atoms with Gasteiger partial charge in [0.2, 0.25) is 10.0 Å². The fraction of sp³-hybridized carbons (Fsp3) is 0.560. The Morgan fingerprint density at radius 3 is 2.36 bits per heavy atom. The lowest BCUT2D eigenvalue weighted by atomic mass is 9.98. The summed E-state index contributed by atoms with van der Waals surface area (Å²) in [6.45, 7) is 4.70. The summed E-state index contributed by atoms with van der Waals surface area (Å²) in [5, 5.41) is 2.69. The maximum absolute atomic E-state index is 13.3. The predicted octanol–water partition coefficient (Wildman–Crippen LogP) is 3.69. The van der Waals surface area contributed by atoms with Crippen LogP contribution < -0.4 is 10.0 Å². The van der Waals surface area contributed by atoms with E-state index < -0.39 is 21.8 Å². The van der Waals surface area contributed by atoms with Crippen molar-refractivity contribution in [3.63, 3.8) is 0 Å². The summed E-state index contributed by atoms with van der Waals surface area (Å²) in [4.78, 5) is 25.9. The molecule has 0 atom stereocenters. The van der Waals surface area contributed by atoms with Crippen molar-refractivity contribution in [1.82, 2.24) is 24.5 Å². The highest BCUT2D eigenvalue weighted by Crippen LogP contribution is 2.35. The molecule has 214 valence electrons. The molecule has 4 rings (SSSR count). The van der Waals surface area contributed by atoms with Crippen molar-refractivity contribution in [2.45, 2.75) is 57.4 Å². The number of sulfonamides is 1. The van der Waals surface area contributed by atoms with Gasteiger partial charge in [0.15, 0.2) is 0 Å². The Morgan fingerprint density at radius 1 is 1.10 bits per heavy atom. The number of aromatic nitrogens is 2. The predicted molar refractivity (Wildman–Crippen MR) is 142 cm³/mol. The minimum Gasteiger partial charge on any atom is -0.366 e. The van der Waals surface area contributed by atoms with E-state index in [0.29, 0.717) is 36.1 Å². The van der Waals surface area contributed by atoms with Gasteiger partial charge in [-0.25, -0.2) is 23.1 Å². The van der Waals surface area contributed by atoms with Crippen LogP contribution in [0.5, 0.6) is 0 Å². The number of halogens is 4. The van der Waals surface area contributed by atoms with E-state index in [1.807, 2.05) is 0 Å². The first kappa shape index (κ1) is 29.5. The van der Waals surface area contributed by atoms with E-state index in [4.69, 9.17) is 11.6 Å². The lowest BCUT2D eigenvalue weighted by Crippen LogP contribution is -2.51. The molecule has 2 aliphatic heterocycles. The molecule has 39 heavy (non-hydrogen) atoms. The zero-order chi connectivity index (χ0) is 28.4. The first-order valence-electron chi connectivity index (χ1n) is 12.7. The molecule has 0 radical (unpaired) electrons. The maximum Gasteiger partial charge on any atom is 0.417 e. The third-order valence-electron chi connectivity index (χ3n) is 7.26. The van der Waals surface area contributed by atoms with Crippen LogP contribution in [0.4, 0.5) is 19.0 Å². The van der Waals surface area contributed by atoms with E-state index in [1.54, 1.807) is 11.8 Å². The summed E-state index contributed by atoms with van der Waals surface area (Å²) < 4.78 is 64.5. The van der Waals surface area contributed by atoms with Gasteiger partial charge in [0.05, 0.1) is 16.8 Å². The molecule has 2 aliphatic rings. The number of benzene rings is 1. The fourth-order valence-electron chi connectivity index (χ4n) is 5.20. The molecule has 0 unspecified atom stereocenters. The molecule has 2 aromatic rings. The molecule has 2 fully saturated rings. The number of amides is 1. The summed E-state index contributed by atoms with van der Waals surface area (Å²) >= 11 is 5.82. The standard InChI is InChI=1S/C25H32ClF3N6O3S/c1-16-22(31-15-32-23(16)30-14-17-3-4-20(21(26)13-17)25(27,28)29)24(36)35-11-7-19(8-12-35)34-9-5-18(6-10-34)33-39(2,37)38/h3-4,13,15,18-19,33H,5-12,14H2,1-2H3,(H,30,31,32). The highest BCUT2D eigenvalue weighted by Gasteiger charge is 2.33. The second-order valence-corrected chi connectivity index (χ2v) is 12.3. The highest BCUT2D eigenvalue weighted by molar-refractivity contribution is 7.88. The molecule has 1 aromatic heterocycles. The number of hydrogen-bond donors (Lipinski definition) is 2. The SMILES string of the molecule is Cc1c(NCc2ccc(C(F)(F)F)c(Cl)c2)ncnc1C(=O)N1CCC(N2CCC(NS(C)(=O)=O)CC2)CC1. The lowest BCUT2D eigenvalue weighted by Gasteiger charge is -2.41. The van der Waals surface area contributed by atoms with Crippen LogP contribution in [0.2, 0.25) is 5.02 Å². The van der Waals surface area contributed by atoms with Gasteiger partial charge in [-0.05, 0) is 63.4 Å². The summed E-state index contributed by atoms with van der Waals surface area (Å²) in [6.07, 6.45) is 1.12. The molecule has 2 N–H and O–H groups in total. The number of piperidine rings is 2. The molecular weight excluding hydrogens is 557 g/mol. The van der Waals surface area contributed by atoms with E-state index in [1.165, 1.54) is 24.7 Å². The first-order valence-corrected chi connectivity index (χ1v) is 15.0. The fourth-order valence-corrected chi connectivity index (χ4v) is 6.35. The Bertz CT molecular complexity index is 1290. The largest absolute Gasteiger partial charge is 0.417 e. The van der Waals surface area contributed by atoms with Crippen molar-refractivity contribution in [2.75, 3.05) is 37.8 Å². The van der Waals surface area contributed by atoms with Gasteiger partial charge >= 0.3 is 6.18 Å². The smallest absolute Gasteiger partial charge is 0.366 e. The number of nitrogens with one attached hydrogen (secondary N) is 2. The van der Waals surface area contributed by atoms with Gasteiger partial charge in [0.1, 0.15) is 17.8 Å². The van der Waals surface area contributed by atoms with Crippen molar-refractivity contribution < 1.29 is 26.4 Å². The second kappa shape index (κ2) is 11.9. The molecule has 9 nitrogen and oxygen atoms in total. The summed E-state index contributed by atoms with van der Waals surface area (Å²) in [5.74, 6) is 0.231. The average Bonchev–Trinajstić information content (AvgIpc) is 2.87. The normalized spacial score (nSPS) is 18.4. The van der Waals surface area contributed by atoms with E-state index in [2.05, 4.69) is 24.9 Å². The number of alkyl halides is 3. The average molecular weight is 589 g/mol. The van der Waals surface area contributed by atoms with E-state index in [-0.39, 0.29) is 29.2 Å². The molecule has 0 bridgehead atoms. The van der Waals surface area contributed by atoms with Crippen molar-refractivity contribution in [3.8, 4) is 0 Å². The Morgan fingerprint density at radius 2 is 1.77 bits per heavy atom. The first-order chi connectivity index (χ1) is 18.3.